The zero-order valence-corrected chi connectivity index (χ0v) is 24.7. The Balaban J connectivity index is 1.07. The van der Waals surface area contributed by atoms with Crippen molar-refractivity contribution in [3.8, 4) is 0 Å². The minimum atomic E-state index is 0.256. The predicted molar refractivity (Wildman–Crippen MR) is 157 cm³/mol. The minimum Gasteiger partial charge on any atom is -0.311 e. The van der Waals surface area contributed by atoms with Crippen LogP contribution in [0.3, 0.4) is 0 Å². The Hall–Kier alpha value is -0.480. The van der Waals surface area contributed by atoms with Crippen LogP contribution in [0.2, 0.25) is 0 Å². The maximum Gasteiger partial charge on any atom is 0.159 e. The van der Waals surface area contributed by atoms with E-state index < -0.39 is 0 Å². The fourth-order valence-corrected chi connectivity index (χ4v) is 11.0. The normalized spacial score (nSPS) is 58.3. The molecule has 8 bridgehead atoms. The van der Waals surface area contributed by atoms with Gasteiger partial charge in [0.2, 0.25) is 0 Å². The van der Waals surface area contributed by atoms with Gasteiger partial charge in [-0.2, -0.15) is 0 Å². The summed E-state index contributed by atoms with van der Waals surface area (Å²) in [7, 11) is 2.44. The summed E-state index contributed by atoms with van der Waals surface area (Å²) in [6, 6.07) is 1.87. The smallest absolute Gasteiger partial charge is 0.159 e. The van der Waals surface area contributed by atoms with Crippen LogP contribution in [0.15, 0.2) is 0 Å². The van der Waals surface area contributed by atoms with Crippen LogP contribution in [0.4, 0.5) is 0 Å². The number of quaternary nitrogens is 1. The molecule has 0 spiro atoms. The molecule has 0 aromatic heterocycles. The van der Waals surface area contributed by atoms with Crippen LogP contribution in [0.1, 0.15) is 51.4 Å². The molecule has 9 heterocycles. The van der Waals surface area contributed by atoms with Crippen LogP contribution in [0, 0.1) is 23.7 Å². The van der Waals surface area contributed by atoms with Crippen molar-refractivity contribution in [2.75, 3.05) is 33.2 Å². The van der Waals surface area contributed by atoms with Crippen LogP contribution >= 0.6 is 0 Å². The van der Waals surface area contributed by atoms with Gasteiger partial charge in [-0.15, -0.1) is 0 Å². The molecular weight excluding hydrogens is 516 g/mol. The molecule has 17 unspecified atom stereocenters. The van der Waals surface area contributed by atoms with Gasteiger partial charge in [0, 0.05) is 41.8 Å². The molecule has 9 fully saturated rings. The van der Waals surface area contributed by atoms with Crippen LogP contribution < -0.4 is 63.4 Å². The van der Waals surface area contributed by atoms with E-state index in [0.29, 0.717) is 78.7 Å². The third-order valence-corrected chi connectivity index (χ3v) is 12.9. The molecule has 0 radical (unpaired) electrons. The Morgan fingerprint density at radius 2 is 0.756 bits per heavy atom. The quantitative estimate of drug-likeness (QED) is 0.138. The first-order chi connectivity index (χ1) is 20.2. The fraction of sp³-hybridized carbons (Fsp3) is 1.00. The summed E-state index contributed by atoms with van der Waals surface area (Å²) in [6.45, 7) is 4.52. The van der Waals surface area contributed by atoms with E-state index in [2.05, 4.69) is 65.5 Å². The molecule has 0 aromatic carbocycles. The number of nitrogens with one attached hydrogen (secondary N) is 12. The Bertz CT molecular complexity index is 883. The molecule has 0 aliphatic carbocycles. The van der Waals surface area contributed by atoms with Crippen molar-refractivity contribution in [3.05, 3.63) is 0 Å². The van der Waals surface area contributed by atoms with Crippen molar-refractivity contribution in [2.24, 2.45) is 23.7 Å². The largest absolute Gasteiger partial charge is 0.311 e. The second-order valence-corrected chi connectivity index (χ2v) is 14.9. The molecule has 9 aliphatic rings. The summed E-state index contributed by atoms with van der Waals surface area (Å²) in [5.74, 6) is 2.41. The molecule has 0 saturated carbocycles. The number of hydrogen-bond donors (Lipinski definition) is 12. The van der Waals surface area contributed by atoms with Gasteiger partial charge < -0.3 is 26.2 Å². The van der Waals surface area contributed by atoms with E-state index in [0.717, 1.165) is 26.2 Å². The highest BCUT2D eigenvalue weighted by molar-refractivity contribution is 5.10. The summed E-state index contributed by atoms with van der Waals surface area (Å²) in [4.78, 5) is 1.60. The summed E-state index contributed by atoms with van der Waals surface area (Å²) in [5.41, 5.74) is 0. The first-order valence-electron chi connectivity index (χ1n) is 17.3. The first kappa shape index (κ1) is 26.9. The molecule has 9 aliphatic heterocycles. The maximum absolute atomic E-state index is 4.25. The molecule has 230 valence electrons. The summed E-state index contributed by atoms with van der Waals surface area (Å²) >= 11 is 0. The molecule has 9 rings (SSSR count). The van der Waals surface area contributed by atoms with Crippen molar-refractivity contribution in [1.82, 2.24) is 58.5 Å². The number of rotatable bonds is 0. The van der Waals surface area contributed by atoms with Gasteiger partial charge in [-0.1, -0.05) is 0 Å². The van der Waals surface area contributed by atoms with Gasteiger partial charge in [0.1, 0.15) is 6.17 Å². The van der Waals surface area contributed by atoms with E-state index >= 15 is 0 Å². The molecule has 0 amide bonds. The van der Waals surface area contributed by atoms with E-state index in [1.165, 1.54) is 51.4 Å². The highest BCUT2D eigenvalue weighted by atomic mass is 15.5. The number of fused-ring (bicyclic) bond motifs is 20. The van der Waals surface area contributed by atoms with E-state index in [9.17, 15) is 0 Å². The lowest BCUT2D eigenvalue weighted by atomic mass is 9.87. The van der Waals surface area contributed by atoms with Gasteiger partial charge in [-0.3, -0.25) is 37.2 Å². The van der Waals surface area contributed by atoms with Gasteiger partial charge in [-0.05, 0) is 77.5 Å². The van der Waals surface area contributed by atoms with Crippen molar-refractivity contribution in [2.45, 2.75) is 125 Å². The van der Waals surface area contributed by atoms with E-state index in [1.807, 2.05) is 0 Å². The van der Waals surface area contributed by atoms with Gasteiger partial charge >= 0.3 is 0 Å². The number of likely N-dealkylation sites (N-methyl/N-ethyl adjacent to an activating group) is 1. The average Bonchev–Trinajstić information content (AvgIpc) is 3.72. The van der Waals surface area contributed by atoms with Gasteiger partial charge in [-0.25, -0.2) is 0 Å². The molecule has 17 atom stereocenters. The highest BCUT2D eigenvalue weighted by Crippen LogP contribution is 2.34. The summed E-state index contributed by atoms with van der Waals surface area (Å²) in [5, 5.41) is 44.9. The van der Waals surface area contributed by atoms with Gasteiger partial charge in [0.25, 0.3) is 0 Å². The van der Waals surface area contributed by atoms with Crippen molar-refractivity contribution >= 4 is 0 Å². The van der Waals surface area contributed by atoms with Gasteiger partial charge in [0.05, 0.1) is 50.1 Å². The summed E-state index contributed by atoms with van der Waals surface area (Å²) in [6.07, 6.45) is 12.7. The van der Waals surface area contributed by atoms with Crippen LogP contribution in [-0.4, -0.2) is 107 Å². The van der Waals surface area contributed by atoms with Crippen LogP contribution in [-0.2, 0) is 0 Å². The lowest BCUT2D eigenvalue weighted by Crippen LogP contribution is -3.19. The number of hydrogen-bond acceptors (Lipinski definition) is 11. The zero-order valence-electron chi connectivity index (χ0n) is 24.7. The molecule has 12 heteroatoms. The van der Waals surface area contributed by atoms with Crippen LogP contribution in [0.5, 0.6) is 0 Å². The second-order valence-electron chi connectivity index (χ2n) is 14.9. The lowest BCUT2D eigenvalue weighted by Gasteiger charge is -2.35. The Morgan fingerprint density at radius 3 is 1.24 bits per heavy atom. The van der Waals surface area contributed by atoms with E-state index in [1.54, 1.807) is 4.90 Å². The maximum atomic E-state index is 4.25. The van der Waals surface area contributed by atoms with Crippen molar-refractivity contribution in [3.63, 3.8) is 0 Å². The predicted octanol–water partition coefficient (Wildman–Crippen LogP) is -4.22. The van der Waals surface area contributed by atoms with Gasteiger partial charge in [0.15, 0.2) is 6.17 Å². The third-order valence-electron chi connectivity index (χ3n) is 12.9. The molecule has 9 saturated heterocycles. The Kier molecular flexibility index (Phi) is 7.11. The fourth-order valence-electron chi connectivity index (χ4n) is 11.0. The SMILES string of the molecule is C[NH+]1C2NC3NC(NC4NC(NC5NC(NC1C1NCCCC12)C1CCCNC51)C1CCCNC41)C1CCCNC31. The lowest BCUT2D eigenvalue weighted by molar-refractivity contribution is -0.926. The summed E-state index contributed by atoms with van der Waals surface area (Å²) < 4.78 is 0. The first-order valence-corrected chi connectivity index (χ1v) is 17.3. The monoisotopic (exact) mass is 571 g/mol. The second kappa shape index (κ2) is 10.8. The number of piperidine rings is 4. The zero-order chi connectivity index (χ0) is 27.1. The van der Waals surface area contributed by atoms with E-state index in [4.69, 9.17) is 0 Å². The topological polar surface area (TPSA) is 137 Å². The molecule has 41 heavy (non-hydrogen) atoms. The Labute approximate surface area is 245 Å². The molecule has 0 aromatic rings. The highest BCUT2D eigenvalue weighted by Gasteiger charge is 2.57. The third kappa shape index (κ3) is 4.47. The van der Waals surface area contributed by atoms with Crippen molar-refractivity contribution in [1.29, 1.82) is 0 Å². The molecule has 12 nitrogen and oxygen atoms in total. The standard InChI is InChI=1S/C29H54N12/c1-41-28-17-9-5-13-33-21(17)29(41)39-24-16-8-4-11-31-19(16)26(38-24)35-22-14-6-2-10-30-18(14)25(34-22)36-23-15-7-3-12-32-20(15)27(37-23)40-28/h14-40H,2-13H2,1H3/p+1. The Morgan fingerprint density at radius 1 is 0.390 bits per heavy atom. The van der Waals surface area contributed by atoms with Crippen LogP contribution in [0.25, 0.3) is 0 Å². The van der Waals surface area contributed by atoms with E-state index in [-0.39, 0.29) is 18.5 Å². The van der Waals surface area contributed by atoms with Crippen molar-refractivity contribution < 1.29 is 4.90 Å². The molecular formula is C29H55N12+. The average molecular weight is 572 g/mol. The minimum absolute atomic E-state index is 0.256. The molecule has 12 N–H and O–H groups in total.